The summed E-state index contributed by atoms with van der Waals surface area (Å²) in [7, 11) is 0. The number of carbonyl (C=O) groups excluding carboxylic acids is 1. The van der Waals surface area contributed by atoms with E-state index < -0.39 is 29.9 Å². The molecular formula is C14H14F2O7S. The van der Waals surface area contributed by atoms with Crippen molar-refractivity contribution >= 4 is 18.0 Å². The van der Waals surface area contributed by atoms with Gasteiger partial charge >= 0.3 is 11.2 Å². The molecule has 1 atom stereocenters. The highest BCUT2D eigenvalue weighted by atomic mass is 32.2. The van der Waals surface area contributed by atoms with Crippen LogP contribution < -0.4 is 0 Å². The highest BCUT2D eigenvalue weighted by molar-refractivity contribution is 7.96. The molecule has 0 aromatic carbocycles. The Morgan fingerprint density at radius 1 is 1.38 bits per heavy atom. The monoisotopic (exact) mass is 364 g/mol. The van der Waals surface area contributed by atoms with Gasteiger partial charge < -0.3 is 14.6 Å². The van der Waals surface area contributed by atoms with Gasteiger partial charge in [0, 0.05) is 11.5 Å². The number of halogens is 2. The molecule has 24 heavy (non-hydrogen) atoms. The Hall–Kier alpha value is -1.88. The Morgan fingerprint density at radius 2 is 2.17 bits per heavy atom. The Kier molecular flexibility index (Phi) is 6.37. The largest absolute Gasteiger partial charge is 0.512 e. The second kappa shape index (κ2) is 8.29. The van der Waals surface area contributed by atoms with E-state index in [1.165, 1.54) is 0 Å². The van der Waals surface area contributed by atoms with Gasteiger partial charge in [-0.25, -0.2) is 10.1 Å². The number of hydrogen-bond donors (Lipinski definition) is 2. The molecule has 10 heteroatoms. The second-order valence-corrected chi connectivity index (χ2v) is 5.50. The number of aliphatic hydroxyl groups excluding tert-OH is 1. The topological polar surface area (TPSA) is 94.5 Å². The molecule has 7 nitrogen and oxygen atoms in total. The smallest absolute Gasteiger partial charge is 0.415 e. The normalized spacial score (nSPS) is 19.8. The summed E-state index contributed by atoms with van der Waals surface area (Å²) in [6, 6.07) is 0. The first-order valence-electron chi connectivity index (χ1n) is 6.77. The molecule has 2 N–H and O–H groups in total. The number of aliphatic hydroxyl groups is 1. The van der Waals surface area contributed by atoms with Crippen LogP contribution in [0.25, 0.3) is 0 Å². The van der Waals surface area contributed by atoms with Crippen LogP contribution in [0, 0.1) is 5.92 Å². The van der Waals surface area contributed by atoms with Gasteiger partial charge in [-0.3, -0.25) is 0 Å². The molecule has 0 aromatic rings. The lowest BCUT2D eigenvalue weighted by Crippen LogP contribution is -2.28. The second-order valence-electron chi connectivity index (χ2n) is 4.69. The fraction of sp³-hybridized carbons (Fsp3) is 0.357. The summed E-state index contributed by atoms with van der Waals surface area (Å²) in [6.45, 7) is -0.576. The lowest BCUT2D eigenvalue weighted by molar-refractivity contribution is -0.433. The molecule has 2 aliphatic rings. The minimum atomic E-state index is -4.04. The molecule has 0 saturated heterocycles. The minimum Gasteiger partial charge on any atom is -0.512 e. The highest BCUT2D eigenvalue weighted by Crippen LogP contribution is 2.34. The molecule has 0 spiro atoms. The summed E-state index contributed by atoms with van der Waals surface area (Å²) in [4.78, 5) is 11.1. The molecule has 0 bridgehead atoms. The van der Waals surface area contributed by atoms with Crippen molar-refractivity contribution in [3.05, 3.63) is 47.5 Å². The molecule has 132 valence electrons. The van der Waals surface area contributed by atoms with Crippen LogP contribution in [0.2, 0.25) is 0 Å². The van der Waals surface area contributed by atoms with Gasteiger partial charge in [-0.1, -0.05) is 23.3 Å². The van der Waals surface area contributed by atoms with E-state index in [0.717, 1.165) is 5.57 Å². The van der Waals surface area contributed by atoms with E-state index in [4.69, 9.17) is 9.99 Å². The Bertz CT molecular complexity index is 598. The van der Waals surface area contributed by atoms with E-state index in [9.17, 15) is 18.7 Å². The molecular weight excluding hydrogens is 350 g/mol. The van der Waals surface area contributed by atoms with E-state index in [1.54, 1.807) is 24.3 Å². The average molecular weight is 364 g/mol. The summed E-state index contributed by atoms with van der Waals surface area (Å²) in [6.07, 6.45) is 9.19. The third-order valence-corrected chi connectivity index (χ3v) is 3.69. The van der Waals surface area contributed by atoms with Crippen molar-refractivity contribution in [2.75, 3.05) is 13.2 Å². The maximum atomic E-state index is 13.1. The number of carbonyl (C=O) groups is 1. The minimum absolute atomic E-state index is 0.155. The first-order valence-corrected chi connectivity index (χ1v) is 7.51. The van der Waals surface area contributed by atoms with E-state index in [0.29, 0.717) is 12.2 Å². The molecule has 2 aliphatic carbocycles. The van der Waals surface area contributed by atoms with Crippen LogP contribution >= 0.6 is 12.0 Å². The van der Waals surface area contributed by atoms with Crippen molar-refractivity contribution in [2.45, 2.75) is 11.7 Å². The molecule has 2 rings (SSSR count). The maximum Gasteiger partial charge on any atom is 0.415 e. The zero-order valence-corrected chi connectivity index (χ0v) is 13.0. The predicted octanol–water partition coefficient (Wildman–Crippen LogP) is 3.05. The molecule has 0 fully saturated rings. The van der Waals surface area contributed by atoms with Crippen molar-refractivity contribution in [1.29, 1.82) is 0 Å². The van der Waals surface area contributed by atoms with Gasteiger partial charge in [0.15, 0.2) is 0 Å². The maximum absolute atomic E-state index is 13.1. The molecule has 0 aromatic heterocycles. The fourth-order valence-electron chi connectivity index (χ4n) is 2.14. The molecule has 0 saturated carbocycles. The van der Waals surface area contributed by atoms with Gasteiger partial charge in [-0.05, 0) is 18.6 Å². The first-order chi connectivity index (χ1) is 11.5. The van der Waals surface area contributed by atoms with E-state index in [1.807, 2.05) is 6.08 Å². The van der Waals surface area contributed by atoms with Gasteiger partial charge in [-0.2, -0.15) is 8.78 Å². The number of alkyl halides is 2. The third kappa shape index (κ3) is 4.57. The van der Waals surface area contributed by atoms with Crippen LogP contribution in [0.5, 0.6) is 0 Å². The Morgan fingerprint density at radius 3 is 2.92 bits per heavy atom. The molecule has 0 amide bonds. The van der Waals surface area contributed by atoms with Gasteiger partial charge in [0.25, 0.3) is 0 Å². The Balaban J connectivity index is 1.82. The summed E-state index contributed by atoms with van der Waals surface area (Å²) in [5.41, 5.74) is 0.762. The van der Waals surface area contributed by atoms with E-state index in [2.05, 4.69) is 14.1 Å². The summed E-state index contributed by atoms with van der Waals surface area (Å²) in [5, 5.41) is 16.6. The van der Waals surface area contributed by atoms with Crippen LogP contribution in [0.1, 0.15) is 6.42 Å². The Labute approximate surface area is 139 Å². The summed E-state index contributed by atoms with van der Waals surface area (Å²) < 4.78 is 39.6. The van der Waals surface area contributed by atoms with Crippen LogP contribution in [0.15, 0.2) is 47.5 Å². The number of ether oxygens (including phenoxy) is 2. The number of esters is 1. The quantitative estimate of drug-likeness (QED) is 0.223. The van der Waals surface area contributed by atoms with Gasteiger partial charge in [0.1, 0.15) is 36.8 Å². The lowest BCUT2D eigenvalue weighted by atomic mass is 9.86. The van der Waals surface area contributed by atoms with Crippen LogP contribution in [-0.2, 0) is 23.6 Å². The van der Waals surface area contributed by atoms with Gasteiger partial charge in [0.2, 0.25) is 0 Å². The average Bonchev–Trinajstić information content (AvgIpc) is 2.57. The number of rotatable bonds is 8. The number of fused-ring (bicyclic) bond motifs is 1. The molecule has 1 unspecified atom stereocenters. The number of allylic oxidation sites excluding steroid dienone is 6. The van der Waals surface area contributed by atoms with Crippen molar-refractivity contribution in [2.24, 2.45) is 5.92 Å². The number of hydrogen-bond acceptors (Lipinski definition) is 8. The fourth-order valence-corrected chi connectivity index (χ4v) is 2.39. The molecule has 0 heterocycles. The van der Waals surface area contributed by atoms with Crippen molar-refractivity contribution in [3.63, 3.8) is 0 Å². The van der Waals surface area contributed by atoms with Crippen molar-refractivity contribution in [1.82, 2.24) is 0 Å². The summed E-state index contributed by atoms with van der Waals surface area (Å²) in [5.74, 6) is -1.38. The lowest BCUT2D eigenvalue weighted by Gasteiger charge is -2.24. The summed E-state index contributed by atoms with van der Waals surface area (Å²) >= 11 is -0.697. The van der Waals surface area contributed by atoms with Crippen molar-refractivity contribution in [3.8, 4) is 0 Å². The van der Waals surface area contributed by atoms with E-state index >= 15 is 0 Å². The highest BCUT2D eigenvalue weighted by Gasteiger charge is 2.44. The SMILES string of the molecule is O=C(OCCOC1=C2C=CC=C(O)C2CC=C1)C(F)(F)SOOO. The van der Waals surface area contributed by atoms with Gasteiger partial charge in [-0.15, -0.1) is 4.33 Å². The standard InChI is InChI=1S/C14H14F2O7S/c15-14(16,24-23-22-19)13(18)21-8-7-20-12-6-2-3-9-10(12)4-1-5-11(9)17/h1-2,4-6,9,17,19H,3,7-8H2. The van der Waals surface area contributed by atoms with Crippen LogP contribution in [0.4, 0.5) is 8.78 Å². The molecule has 0 radical (unpaired) electrons. The zero-order valence-electron chi connectivity index (χ0n) is 12.2. The zero-order chi connectivity index (χ0) is 17.6. The van der Waals surface area contributed by atoms with Gasteiger partial charge in [0.05, 0.1) is 0 Å². The third-order valence-electron chi connectivity index (χ3n) is 3.18. The van der Waals surface area contributed by atoms with Crippen molar-refractivity contribution < 1.29 is 42.8 Å². The first kappa shape index (κ1) is 18.5. The van der Waals surface area contributed by atoms with Crippen LogP contribution in [0.3, 0.4) is 0 Å². The predicted molar refractivity (Wildman–Crippen MR) is 78.4 cm³/mol. The van der Waals surface area contributed by atoms with Crippen LogP contribution in [-0.4, -0.2) is 34.8 Å². The van der Waals surface area contributed by atoms with E-state index in [-0.39, 0.29) is 18.3 Å². The molecule has 0 aliphatic heterocycles.